The van der Waals surface area contributed by atoms with Gasteiger partial charge >= 0.3 is 5.97 Å². The fourth-order valence-corrected chi connectivity index (χ4v) is 2.44. The smallest absolute Gasteiger partial charge is 0.376 e. The number of aromatic nitrogens is 2. The zero-order chi connectivity index (χ0) is 16.4. The van der Waals surface area contributed by atoms with Gasteiger partial charge in [-0.15, -0.1) is 0 Å². The summed E-state index contributed by atoms with van der Waals surface area (Å²) in [4.78, 5) is 20.4. The molecule has 116 valence electrons. The van der Waals surface area contributed by atoms with Crippen LogP contribution in [-0.4, -0.2) is 23.0 Å². The number of ether oxygens (including phenoxy) is 1. The van der Waals surface area contributed by atoms with Crippen LogP contribution in [0.5, 0.6) is 0 Å². The predicted octanol–water partition coefficient (Wildman–Crippen LogP) is 3.78. The highest BCUT2D eigenvalue weighted by molar-refractivity contribution is 5.95. The van der Waals surface area contributed by atoms with Crippen molar-refractivity contribution in [3.63, 3.8) is 0 Å². The summed E-state index contributed by atoms with van der Waals surface area (Å²) in [5.41, 5.74) is 3.92. The van der Waals surface area contributed by atoms with Crippen LogP contribution in [0.4, 0.5) is 11.5 Å². The Balaban J connectivity index is 2.13. The average molecular weight is 307 g/mol. The van der Waals surface area contributed by atoms with Crippen LogP contribution in [0.1, 0.15) is 21.7 Å². The fourth-order valence-electron chi connectivity index (χ4n) is 2.44. The van der Waals surface area contributed by atoms with Crippen LogP contribution in [0.15, 0.2) is 42.5 Å². The van der Waals surface area contributed by atoms with Gasteiger partial charge in [-0.2, -0.15) is 0 Å². The fraction of sp³-hybridized carbons (Fsp3) is 0.167. The van der Waals surface area contributed by atoms with Gasteiger partial charge in [-0.25, -0.2) is 14.8 Å². The number of hydrogen-bond donors (Lipinski definition) is 1. The molecule has 1 N–H and O–H groups in total. The lowest BCUT2D eigenvalue weighted by Crippen LogP contribution is -2.10. The van der Waals surface area contributed by atoms with Crippen LogP contribution in [0.25, 0.3) is 10.9 Å². The summed E-state index contributed by atoms with van der Waals surface area (Å²) in [6.45, 7) is 4.08. The third-order valence-corrected chi connectivity index (χ3v) is 3.61. The van der Waals surface area contributed by atoms with Crippen LogP contribution in [0.2, 0.25) is 0 Å². The highest BCUT2D eigenvalue weighted by Crippen LogP contribution is 2.26. The molecule has 0 bridgehead atoms. The van der Waals surface area contributed by atoms with Crippen molar-refractivity contribution in [3.05, 3.63) is 59.4 Å². The number of methoxy groups -OCH3 is 1. The minimum Gasteiger partial charge on any atom is -0.463 e. The van der Waals surface area contributed by atoms with Gasteiger partial charge in [0.05, 0.1) is 12.6 Å². The van der Waals surface area contributed by atoms with E-state index in [1.807, 2.05) is 50.2 Å². The summed E-state index contributed by atoms with van der Waals surface area (Å²) in [6, 6.07) is 13.7. The highest BCUT2D eigenvalue weighted by Gasteiger charge is 2.14. The maximum absolute atomic E-state index is 11.8. The molecule has 0 radical (unpaired) electrons. The Labute approximate surface area is 134 Å². The molecule has 0 saturated carbocycles. The van der Waals surface area contributed by atoms with Crippen molar-refractivity contribution < 1.29 is 9.53 Å². The lowest BCUT2D eigenvalue weighted by Gasteiger charge is -2.12. The number of hydrogen-bond acceptors (Lipinski definition) is 5. The monoisotopic (exact) mass is 307 g/mol. The largest absolute Gasteiger partial charge is 0.463 e. The van der Waals surface area contributed by atoms with Crippen molar-refractivity contribution in [3.8, 4) is 0 Å². The molecule has 0 aliphatic heterocycles. The molecule has 0 atom stereocenters. The van der Waals surface area contributed by atoms with E-state index in [4.69, 9.17) is 4.74 Å². The number of rotatable bonds is 3. The van der Waals surface area contributed by atoms with Gasteiger partial charge < -0.3 is 10.1 Å². The van der Waals surface area contributed by atoms with E-state index < -0.39 is 5.97 Å². The first kappa shape index (κ1) is 15.0. The van der Waals surface area contributed by atoms with Crippen molar-refractivity contribution in [2.75, 3.05) is 12.4 Å². The Bertz CT molecular complexity index is 891. The summed E-state index contributed by atoms with van der Waals surface area (Å²) in [5, 5.41) is 4.15. The normalized spacial score (nSPS) is 10.6. The Kier molecular flexibility index (Phi) is 3.93. The quantitative estimate of drug-likeness (QED) is 0.746. The zero-order valence-electron chi connectivity index (χ0n) is 13.3. The number of anilines is 2. The van der Waals surface area contributed by atoms with Crippen molar-refractivity contribution in [2.45, 2.75) is 13.8 Å². The molecule has 2 aromatic carbocycles. The maximum Gasteiger partial charge on any atom is 0.376 e. The Morgan fingerprint density at radius 1 is 1.09 bits per heavy atom. The van der Waals surface area contributed by atoms with E-state index in [0.29, 0.717) is 11.3 Å². The second kappa shape index (κ2) is 6.04. The van der Waals surface area contributed by atoms with Gasteiger partial charge in [-0.1, -0.05) is 29.8 Å². The summed E-state index contributed by atoms with van der Waals surface area (Å²) in [5.74, 6) is 0.0702. The lowest BCUT2D eigenvalue weighted by atomic mass is 10.1. The minimum atomic E-state index is -0.556. The molecule has 5 nitrogen and oxygen atoms in total. The number of para-hydroxylation sites is 1. The lowest BCUT2D eigenvalue weighted by molar-refractivity contribution is 0.0587. The van der Waals surface area contributed by atoms with E-state index in [1.54, 1.807) is 0 Å². The summed E-state index contributed by atoms with van der Waals surface area (Å²) >= 11 is 0. The number of carbonyl (C=O) groups excluding carboxylic acids is 1. The van der Waals surface area contributed by atoms with Crippen LogP contribution in [0.3, 0.4) is 0 Å². The van der Waals surface area contributed by atoms with E-state index >= 15 is 0 Å². The number of nitrogens with zero attached hydrogens (tertiary/aromatic N) is 2. The van der Waals surface area contributed by atoms with Gasteiger partial charge in [0.1, 0.15) is 5.82 Å². The first-order valence-electron chi connectivity index (χ1n) is 7.28. The van der Waals surface area contributed by atoms with E-state index in [1.165, 1.54) is 12.7 Å². The van der Waals surface area contributed by atoms with Crippen molar-refractivity contribution >= 4 is 28.4 Å². The van der Waals surface area contributed by atoms with E-state index in [2.05, 4.69) is 21.4 Å². The van der Waals surface area contributed by atoms with Gasteiger partial charge in [0.2, 0.25) is 5.82 Å². The molecule has 0 saturated heterocycles. The summed E-state index contributed by atoms with van der Waals surface area (Å²) in [7, 11) is 1.32. The molecule has 0 amide bonds. The third-order valence-electron chi connectivity index (χ3n) is 3.61. The highest BCUT2D eigenvalue weighted by atomic mass is 16.5. The molecule has 0 spiro atoms. The predicted molar refractivity (Wildman–Crippen MR) is 90.1 cm³/mol. The number of carbonyl (C=O) groups is 1. The zero-order valence-corrected chi connectivity index (χ0v) is 13.3. The van der Waals surface area contributed by atoms with E-state index in [-0.39, 0.29) is 5.82 Å². The van der Waals surface area contributed by atoms with Crippen molar-refractivity contribution in [1.82, 2.24) is 9.97 Å². The van der Waals surface area contributed by atoms with Gasteiger partial charge in [0, 0.05) is 11.1 Å². The molecule has 0 unspecified atom stereocenters. The van der Waals surface area contributed by atoms with Gasteiger partial charge in [0.25, 0.3) is 0 Å². The van der Waals surface area contributed by atoms with Crippen molar-refractivity contribution in [2.24, 2.45) is 0 Å². The summed E-state index contributed by atoms with van der Waals surface area (Å²) in [6.07, 6.45) is 0. The molecule has 0 fully saturated rings. The molecule has 0 aliphatic rings. The molecule has 3 rings (SSSR count). The van der Waals surface area contributed by atoms with Crippen LogP contribution in [0, 0.1) is 13.8 Å². The average Bonchev–Trinajstić information content (AvgIpc) is 2.56. The Hall–Kier alpha value is -2.95. The topological polar surface area (TPSA) is 64.1 Å². The maximum atomic E-state index is 11.8. The number of esters is 1. The molecule has 3 aromatic rings. The van der Waals surface area contributed by atoms with Gasteiger partial charge in [-0.3, -0.25) is 0 Å². The first-order chi connectivity index (χ1) is 11.1. The second-order valence-corrected chi connectivity index (χ2v) is 5.35. The van der Waals surface area contributed by atoms with Crippen LogP contribution < -0.4 is 5.32 Å². The summed E-state index contributed by atoms with van der Waals surface area (Å²) < 4.78 is 4.74. The van der Waals surface area contributed by atoms with Crippen LogP contribution >= 0.6 is 0 Å². The third kappa shape index (κ3) is 2.99. The Morgan fingerprint density at radius 3 is 2.61 bits per heavy atom. The van der Waals surface area contributed by atoms with Gasteiger partial charge in [-0.05, 0) is 37.6 Å². The van der Waals surface area contributed by atoms with E-state index in [9.17, 15) is 4.79 Å². The molecular weight excluding hydrogens is 290 g/mol. The minimum absolute atomic E-state index is 0.0402. The number of aryl methyl sites for hydroxylation is 2. The molecular formula is C18H17N3O2. The van der Waals surface area contributed by atoms with Crippen LogP contribution in [-0.2, 0) is 4.74 Å². The standard InChI is InChI=1S/C18H17N3O2/c1-11-8-9-14(12(2)10-11)19-16-13-6-4-5-7-15(13)20-17(21-16)18(22)23-3/h4-10H,1-3H3,(H,19,20,21). The Morgan fingerprint density at radius 2 is 1.87 bits per heavy atom. The van der Waals surface area contributed by atoms with E-state index in [0.717, 1.165) is 16.6 Å². The van der Waals surface area contributed by atoms with Crippen molar-refractivity contribution in [1.29, 1.82) is 0 Å². The molecule has 0 aliphatic carbocycles. The first-order valence-corrected chi connectivity index (χ1v) is 7.28. The molecule has 23 heavy (non-hydrogen) atoms. The van der Waals surface area contributed by atoms with Gasteiger partial charge in [0.15, 0.2) is 0 Å². The number of nitrogens with one attached hydrogen (secondary N) is 1. The number of fused-ring (bicyclic) bond motifs is 1. The SMILES string of the molecule is COC(=O)c1nc(Nc2ccc(C)cc2C)c2ccccc2n1. The molecule has 1 heterocycles. The number of benzene rings is 2. The molecule has 1 aromatic heterocycles. The second-order valence-electron chi connectivity index (χ2n) is 5.35. The molecule has 5 heteroatoms.